The van der Waals surface area contributed by atoms with Gasteiger partial charge in [-0.1, -0.05) is 29.4 Å². The van der Waals surface area contributed by atoms with Crippen molar-refractivity contribution in [1.82, 2.24) is 25.1 Å². The van der Waals surface area contributed by atoms with Crippen LogP contribution in [0.2, 0.25) is 5.02 Å². The summed E-state index contributed by atoms with van der Waals surface area (Å²) in [6.45, 7) is 5.86. The Morgan fingerprint density at radius 3 is 2.84 bits per heavy atom. The fourth-order valence-corrected chi connectivity index (χ4v) is 3.27. The third-order valence-corrected chi connectivity index (χ3v) is 4.48. The normalized spacial score (nSPS) is 11.7. The van der Waals surface area contributed by atoms with Crippen LogP contribution in [0.5, 0.6) is 0 Å². The van der Waals surface area contributed by atoms with Gasteiger partial charge in [0.25, 0.3) is 0 Å². The van der Waals surface area contributed by atoms with Crippen LogP contribution in [0.15, 0.2) is 41.8 Å². The number of rotatable bonds is 4. The lowest BCUT2D eigenvalue weighted by Crippen LogP contribution is -2.41. The molecule has 6 nitrogen and oxygen atoms in total. The minimum atomic E-state index is -0.254. The molecule has 3 aromatic rings. The third kappa shape index (κ3) is 4.29. The molecule has 0 atom stereocenters. The van der Waals surface area contributed by atoms with Gasteiger partial charge in [0.05, 0.1) is 23.0 Å². The molecule has 1 aromatic carbocycles. The maximum atomic E-state index is 12.0. The van der Waals surface area contributed by atoms with Gasteiger partial charge in [0.1, 0.15) is 11.4 Å². The number of amides is 1. The van der Waals surface area contributed by atoms with E-state index in [1.807, 2.05) is 39.0 Å². The Hall–Kier alpha value is -2.12. The van der Waals surface area contributed by atoms with E-state index in [2.05, 4.69) is 20.4 Å². The van der Waals surface area contributed by atoms with Crippen molar-refractivity contribution in [2.45, 2.75) is 31.3 Å². The van der Waals surface area contributed by atoms with Crippen LogP contribution in [-0.2, 0) is 4.79 Å². The van der Waals surface area contributed by atoms with Gasteiger partial charge in [0.15, 0.2) is 5.65 Å². The molecule has 0 saturated heterocycles. The predicted octanol–water partition coefficient (Wildman–Crippen LogP) is 3.48. The summed E-state index contributed by atoms with van der Waals surface area (Å²) in [5.41, 5.74) is 1.24. The van der Waals surface area contributed by atoms with Gasteiger partial charge >= 0.3 is 0 Å². The molecule has 0 aliphatic carbocycles. The van der Waals surface area contributed by atoms with E-state index in [4.69, 9.17) is 11.6 Å². The van der Waals surface area contributed by atoms with Crippen LogP contribution < -0.4 is 5.32 Å². The summed E-state index contributed by atoms with van der Waals surface area (Å²) >= 11 is 7.43. The van der Waals surface area contributed by atoms with E-state index in [-0.39, 0.29) is 17.2 Å². The van der Waals surface area contributed by atoms with Crippen molar-refractivity contribution in [3.63, 3.8) is 0 Å². The molecule has 0 aliphatic rings. The SMILES string of the molecule is CC(C)(C)NC(=O)CSc1ncnc2c1cnn2-c1cccc(Cl)c1. The summed E-state index contributed by atoms with van der Waals surface area (Å²) < 4.78 is 1.71. The Labute approximate surface area is 155 Å². The lowest BCUT2D eigenvalue weighted by atomic mass is 10.1. The molecule has 8 heteroatoms. The Bertz CT molecular complexity index is 919. The van der Waals surface area contributed by atoms with E-state index < -0.39 is 0 Å². The van der Waals surface area contributed by atoms with Gasteiger partial charge in [-0.2, -0.15) is 5.10 Å². The zero-order chi connectivity index (χ0) is 18.0. The molecule has 130 valence electrons. The van der Waals surface area contributed by atoms with E-state index in [1.165, 1.54) is 18.1 Å². The van der Waals surface area contributed by atoms with E-state index in [9.17, 15) is 4.79 Å². The highest BCUT2D eigenvalue weighted by Gasteiger charge is 2.16. The average Bonchev–Trinajstić information content (AvgIpc) is 2.96. The van der Waals surface area contributed by atoms with E-state index in [0.29, 0.717) is 10.7 Å². The smallest absolute Gasteiger partial charge is 0.230 e. The monoisotopic (exact) mass is 375 g/mol. The summed E-state index contributed by atoms with van der Waals surface area (Å²) in [4.78, 5) is 20.6. The first kappa shape index (κ1) is 17.7. The highest BCUT2D eigenvalue weighted by Crippen LogP contribution is 2.26. The number of halogens is 1. The van der Waals surface area contributed by atoms with Gasteiger partial charge in [0.2, 0.25) is 5.91 Å². The first-order valence-corrected chi connectivity index (χ1v) is 9.08. The molecule has 1 amide bonds. The molecule has 0 saturated carbocycles. The molecule has 25 heavy (non-hydrogen) atoms. The molecule has 0 fully saturated rings. The average molecular weight is 376 g/mol. The zero-order valence-corrected chi connectivity index (χ0v) is 15.7. The maximum absolute atomic E-state index is 12.0. The molecule has 0 radical (unpaired) electrons. The van der Waals surface area contributed by atoms with Crippen molar-refractivity contribution in [3.8, 4) is 5.69 Å². The second kappa shape index (κ2) is 7.01. The highest BCUT2D eigenvalue weighted by molar-refractivity contribution is 8.00. The van der Waals surface area contributed by atoms with Crippen LogP contribution >= 0.6 is 23.4 Å². The van der Waals surface area contributed by atoms with Crippen molar-refractivity contribution in [2.24, 2.45) is 0 Å². The van der Waals surface area contributed by atoms with Crippen molar-refractivity contribution >= 4 is 40.3 Å². The number of hydrogen-bond acceptors (Lipinski definition) is 5. The summed E-state index contributed by atoms with van der Waals surface area (Å²) in [7, 11) is 0. The summed E-state index contributed by atoms with van der Waals surface area (Å²) in [5.74, 6) is 0.248. The molecular formula is C17H18ClN5OS. The van der Waals surface area contributed by atoms with E-state index in [0.717, 1.165) is 16.1 Å². The number of thioether (sulfide) groups is 1. The van der Waals surface area contributed by atoms with Gasteiger partial charge in [0, 0.05) is 10.6 Å². The van der Waals surface area contributed by atoms with Crippen LogP contribution in [0.3, 0.4) is 0 Å². The molecule has 0 spiro atoms. The fraction of sp³-hybridized carbons (Fsp3) is 0.294. The summed E-state index contributed by atoms with van der Waals surface area (Å²) in [6.07, 6.45) is 3.19. The number of fused-ring (bicyclic) bond motifs is 1. The van der Waals surface area contributed by atoms with Gasteiger partial charge in [-0.05, 0) is 39.0 Å². The molecule has 3 rings (SSSR count). The quantitative estimate of drug-likeness (QED) is 0.558. The number of hydrogen-bond donors (Lipinski definition) is 1. The first-order valence-electron chi connectivity index (χ1n) is 7.72. The highest BCUT2D eigenvalue weighted by atomic mass is 35.5. The number of aromatic nitrogens is 4. The number of nitrogens with one attached hydrogen (secondary N) is 1. The lowest BCUT2D eigenvalue weighted by molar-refractivity contribution is -0.119. The first-order chi connectivity index (χ1) is 11.8. The van der Waals surface area contributed by atoms with Crippen LogP contribution in [0, 0.1) is 0 Å². The minimum absolute atomic E-state index is 0.0357. The van der Waals surface area contributed by atoms with Crippen LogP contribution in [0.1, 0.15) is 20.8 Å². The van der Waals surface area contributed by atoms with Gasteiger partial charge in [-0.25, -0.2) is 14.6 Å². The fourth-order valence-electron chi connectivity index (χ4n) is 2.32. The van der Waals surface area contributed by atoms with Gasteiger partial charge < -0.3 is 5.32 Å². The van der Waals surface area contributed by atoms with Crippen molar-refractivity contribution in [1.29, 1.82) is 0 Å². The van der Waals surface area contributed by atoms with Crippen LogP contribution in [-0.4, -0.2) is 36.9 Å². The zero-order valence-electron chi connectivity index (χ0n) is 14.2. The largest absolute Gasteiger partial charge is 0.351 e. The van der Waals surface area contributed by atoms with E-state index >= 15 is 0 Å². The molecule has 1 N–H and O–H groups in total. The minimum Gasteiger partial charge on any atom is -0.351 e. The molecule has 2 heterocycles. The molecule has 2 aromatic heterocycles. The Kier molecular flexibility index (Phi) is 4.96. The number of nitrogens with zero attached hydrogens (tertiary/aromatic N) is 4. The third-order valence-electron chi connectivity index (χ3n) is 3.24. The van der Waals surface area contributed by atoms with Crippen LogP contribution in [0.25, 0.3) is 16.7 Å². The maximum Gasteiger partial charge on any atom is 0.230 e. The Balaban J connectivity index is 1.85. The molecule has 0 bridgehead atoms. The second-order valence-corrected chi connectivity index (χ2v) is 7.94. The second-order valence-electron chi connectivity index (χ2n) is 6.54. The van der Waals surface area contributed by atoms with E-state index in [1.54, 1.807) is 16.9 Å². The van der Waals surface area contributed by atoms with Crippen molar-refractivity contribution < 1.29 is 4.79 Å². The van der Waals surface area contributed by atoms with Gasteiger partial charge in [-0.15, -0.1) is 0 Å². The summed E-state index contributed by atoms with van der Waals surface area (Å²) in [6, 6.07) is 7.39. The Morgan fingerprint density at radius 1 is 1.32 bits per heavy atom. The number of benzene rings is 1. The molecule has 0 unspecified atom stereocenters. The van der Waals surface area contributed by atoms with Gasteiger partial charge in [-0.3, -0.25) is 4.79 Å². The molecular weight excluding hydrogens is 358 g/mol. The van der Waals surface area contributed by atoms with Crippen LogP contribution in [0.4, 0.5) is 0 Å². The number of carbonyl (C=O) groups excluding carboxylic acids is 1. The molecule has 0 aliphatic heterocycles. The van der Waals surface area contributed by atoms with Crippen molar-refractivity contribution in [3.05, 3.63) is 41.8 Å². The van der Waals surface area contributed by atoms with Crippen molar-refractivity contribution in [2.75, 3.05) is 5.75 Å². The Morgan fingerprint density at radius 2 is 2.12 bits per heavy atom. The summed E-state index contributed by atoms with van der Waals surface area (Å²) in [5, 5.41) is 9.49. The standard InChI is InChI=1S/C17H18ClN5OS/c1-17(2,3)22-14(24)9-25-16-13-8-21-23(15(13)19-10-20-16)12-6-4-5-11(18)7-12/h4-8,10H,9H2,1-3H3,(H,22,24). The predicted molar refractivity (Wildman–Crippen MR) is 100 cm³/mol. The lowest BCUT2D eigenvalue weighted by Gasteiger charge is -2.20. The topological polar surface area (TPSA) is 72.7 Å². The number of carbonyl (C=O) groups is 1.